The van der Waals surface area contributed by atoms with E-state index in [9.17, 15) is 23.6 Å². The summed E-state index contributed by atoms with van der Waals surface area (Å²) in [7, 11) is -3.26. The minimum absolute atomic E-state index is 0.0829. The van der Waals surface area contributed by atoms with Gasteiger partial charge in [0, 0.05) is 19.2 Å². The van der Waals surface area contributed by atoms with Crippen LogP contribution in [0.2, 0.25) is 0 Å². The van der Waals surface area contributed by atoms with E-state index in [1.54, 1.807) is 18.2 Å². The summed E-state index contributed by atoms with van der Waals surface area (Å²) in [5.74, 6) is 0.148. The highest BCUT2D eigenvalue weighted by atomic mass is 32.2. The monoisotopic (exact) mass is 377 g/mol. The fourth-order valence-electron chi connectivity index (χ4n) is 2.93. The lowest BCUT2D eigenvalue weighted by molar-refractivity contribution is -0.384. The van der Waals surface area contributed by atoms with E-state index >= 15 is 0 Å². The molecular formula is C17H19N3O5S. The van der Waals surface area contributed by atoms with Crippen LogP contribution in [0.15, 0.2) is 42.5 Å². The van der Waals surface area contributed by atoms with Crippen LogP contribution in [0.4, 0.5) is 17.1 Å². The Morgan fingerprint density at radius 1 is 1.19 bits per heavy atom. The highest BCUT2D eigenvalue weighted by molar-refractivity contribution is 7.93. The molecule has 1 aliphatic heterocycles. The topological polar surface area (TPSA) is 113 Å². The lowest BCUT2D eigenvalue weighted by Gasteiger charge is -2.18. The fourth-order valence-corrected chi connectivity index (χ4v) is 4.49. The van der Waals surface area contributed by atoms with Crippen LogP contribution in [0, 0.1) is 10.1 Å². The van der Waals surface area contributed by atoms with Gasteiger partial charge >= 0.3 is 0 Å². The average Bonchev–Trinajstić information content (AvgIpc) is 2.99. The second kappa shape index (κ2) is 7.30. The van der Waals surface area contributed by atoms with Gasteiger partial charge in [-0.3, -0.25) is 14.4 Å². The zero-order valence-corrected chi connectivity index (χ0v) is 14.8. The van der Waals surface area contributed by atoms with E-state index in [0.717, 1.165) is 5.56 Å². The second-order valence-electron chi connectivity index (χ2n) is 6.03. The third kappa shape index (κ3) is 3.78. The van der Waals surface area contributed by atoms with E-state index in [1.807, 2.05) is 6.07 Å². The predicted molar refractivity (Wildman–Crippen MR) is 98.5 cm³/mol. The molecule has 0 atom stereocenters. The van der Waals surface area contributed by atoms with Gasteiger partial charge in [-0.05, 0) is 41.8 Å². The van der Waals surface area contributed by atoms with Crippen molar-refractivity contribution in [2.75, 3.05) is 21.9 Å². The fraction of sp³-hybridized carbons (Fsp3) is 0.294. The largest absolute Gasteiger partial charge is 0.392 e. The Morgan fingerprint density at radius 3 is 2.65 bits per heavy atom. The number of nitrogens with zero attached hydrogens (tertiary/aromatic N) is 2. The summed E-state index contributed by atoms with van der Waals surface area (Å²) < 4.78 is 25.5. The van der Waals surface area contributed by atoms with Crippen molar-refractivity contribution < 1.29 is 18.4 Å². The van der Waals surface area contributed by atoms with Gasteiger partial charge in [0.1, 0.15) is 5.69 Å². The van der Waals surface area contributed by atoms with Crippen molar-refractivity contribution in [1.82, 2.24) is 0 Å². The first kappa shape index (κ1) is 18.2. The molecule has 3 rings (SSSR count). The molecular weight excluding hydrogens is 358 g/mol. The van der Waals surface area contributed by atoms with Gasteiger partial charge in [-0.2, -0.15) is 0 Å². The SMILES string of the molecule is O=[N+]([O-])c1ccc(CO)cc1NCc1cccc(N2CCCS2(=O)=O)c1. The van der Waals surface area contributed by atoms with Crippen molar-refractivity contribution in [3.05, 3.63) is 63.7 Å². The highest BCUT2D eigenvalue weighted by Crippen LogP contribution is 2.28. The summed E-state index contributed by atoms with van der Waals surface area (Å²) in [5.41, 5.74) is 2.19. The summed E-state index contributed by atoms with van der Waals surface area (Å²) in [4.78, 5) is 10.7. The maximum absolute atomic E-state index is 12.1. The molecule has 0 aliphatic carbocycles. The minimum Gasteiger partial charge on any atom is -0.392 e. The van der Waals surface area contributed by atoms with E-state index in [4.69, 9.17) is 0 Å². The van der Waals surface area contributed by atoms with E-state index in [1.165, 1.54) is 22.5 Å². The number of hydrogen-bond acceptors (Lipinski definition) is 6. The Kier molecular flexibility index (Phi) is 5.10. The molecule has 0 aromatic heterocycles. The molecule has 0 bridgehead atoms. The van der Waals surface area contributed by atoms with E-state index in [2.05, 4.69) is 5.32 Å². The van der Waals surface area contributed by atoms with Gasteiger partial charge in [-0.25, -0.2) is 8.42 Å². The number of aliphatic hydroxyl groups is 1. The first-order chi connectivity index (χ1) is 12.4. The molecule has 2 aromatic carbocycles. The van der Waals surface area contributed by atoms with Crippen molar-refractivity contribution in [1.29, 1.82) is 0 Å². The minimum atomic E-state index is -3.26. The van der Waals surface area contributed by atoms with E-state index in [-0.39, 0.29) is 24.6 Å². The lowest BCUT2D eigenvalue weighted by Crippen LogP contribution is -2.25. The molecule has 0 radical (unpaired) electrons. The number of benzene rings is 2. The van der Waals surface area contributed by atoms with E-state index in [0.29, 0.717) is 29.9 Å². The maximum Gasteiger partial charge on any atom is 0.292 e. The number of nitrogens with one attached hydrogen (secondary N) is 1. The van der Waals surface area contributed by atoms with Crippen molar-refractivity contribution in [2.24, 2.45) is 0 Å². The van der Waals surface area contributed by atoms with Crippen LogP contribution in [-0.2, 0) is 23.2 Å². The number of sulfonamides is 1. The Morgan fingerprint density at radius 2 is 2.00 bits per heavy atom. The number of nitro benzene ring substituents is 1. The van der Waals surface area contributed by atoms with Gasteiger partial charge in [0.05, 0.1) is 23.0 Å². The molecule has 0 amide bonds. The summed E-state index contributed by atoms with van der Waals surface area (Å²) in [6, 6.07) is 11.5. The van der Waals surface area contributed by atoms with Crippen molar-refractivity contribution in [2.45, 2.75) is 19.6 Å². The summed E-state index contributed by atoms with van der Waals surface area (Å²) in [6.07, 6.45) is 0.602. The predicted octanol–water partition coefficient (Wildman–Crippen LogP) is 2.24. The molecule has 1 saturated heterocycles. The molecule has 1 heterocycles. The molecule has 9 heteroatoms. The molecule has 1 fully saturated rings. The summed E-state index contributed by atoms with van der Waals surface area (Å²) >= 11 is 0. The zero-order valence-electron chi connectivity index (χ0n) is 14.0. The molecule has 138 valence electrons. The van der Waals surface area contributed by atoms with Gasteiger partial charge < -0.3 is 10.4 Å². The molecule has 0 spiro atoms. The third-order valence-electron chi connectivity index (χ3n) is 4.22. The third-order valence-corrected chi connectivity index (χ3v) is 6.09. The molecule has 8 nitrogen and oxygen atoms in total. The van der Waals surface area contributed by atoms with Gasteiger partial charge in [0.25, 0.3) is 5.69 Å². The molecule has 1 aliphatic rings. The Balaban J connectivity index is 1.81. The average molecular weight is 377 g/mol. The number of aliphatic hydroxyl groups excluding tert-OH is 1. The van der Waals surface area contributed by atoms with Crippen LogP contribution < -0.4 is 9.62 Å². The Hall–Kier alpha value is -2.65. The van der Waals surface area contributed by atoms with Crippen LogP contribution in [0.25, 0.3) is 0 Å². The quantitative estimate of drug-likeness (QED) is 0.590. The summed E-state index contributed by atoms with van der Waals surface area (Å²) in [5, 5.41) is 23.4. The van der Waals surface area contributed by atoms with Gasteiger partial charge in [0.2, 0.25) is 10.0 Å². The molecule has 0 unspecified atom stereocenters. The number of nitro groups is 1. The van der Waals surface area contributed by atoms with E-state index < -0.39 is 14.9 Å². The molecule has 0 saturated carbocycles. The Labute approximate surface area is 151 Å². The normalized spacial score (nSPS) is 15.8. The molecule has 2 aromatic rings. The van der Waals surface area contributed by atoms with Crippen molar-refractivity contribution in [3.8, 4) is 0 Å². The first-order valence-electron chi connectivity index (χ1n) is 8.12. The van der Waals surface area contributed by atoms with Crippen LogP contribution in [-0.4, -0.2) is 30.7 Å². The van der Waals surface area contributed by atoms with Crippen LogP contribution >= 0.6 is 0 Å². The first-order valence-corrected chi connectivity index (χ1v) is 9.73. The summed E-state index contributed by atoms with van der Waals surface area (Å²) in [6.45, 7) is 0.537. The van der Waals surface area contributed by atoms with Gasteiger partial charge in [-0.1, -0.05) is 12.1 Å². The highest BCUT2D eigenvalue weighted by Gasteiger charge is 2.28. The van der Waals surface area contributed by atoms with Crippen LogP contribution in [0.5, 0.6) is 0 Å². The van der Waals surface area contributed by atoms with Crippen LogP contribution in [0.1, 0.15) is 17.5 Å². The van der Waals surface area contributed by atoms with Crippen molar-refractivity contribution >= 4 is 27.1 Å². The smallest absolute Gasteiger partial charge is 0.292 e. The number of rotatable bonds is 6. The Bertz CT molecular complexity index is 930. The standard InChI is InChI=1S/C17H19N3O5S/c21-12-14-5-6-17(20(22)23)16(10-14)18-11-13-3-1-4-15(9-13)19-7-2-8-26(19,24)25/h1,3-6,9-10,18,21H,2,7-8,11-12H2. The molecule has 2 N–H and O–H groups in total. The van der Waals surface area contributed by atoms with Crippen molar-refractivity contribution in [3.63, 3.8) is 0 Å². The zero-order chi connectivity index (χ0) is 18.7. The molecule has 26 heavy (non-hydrogen) atoms. The number of anilines is 2. The second-order valence-corrected chi connectivity index (χ2v) is 8.04. The van der Waals surface area contributed by atoms with Gasteiger partial charge in [-0.15, -0.1) is 0 Å². The van der Waals surface area contributed by atoms with Crippen LogP contribution in [0.3, 0.4) is 0 Å². The number of hydrogen-bond donors (Lipinski definition) is 2. The lowest BCUT2D eigenvalue weighted by atomic mass is 10.1. The van der Waals surface area contributed by atoms with Gasteiger partial charge in [0.15, 0.2) is 0 Å². The maximum atomic E-state index is 12.1.